The number of aromatic carboxylic acids is 1. The van der Waals surface area contributed by atoms with Crippen LogP contribution < -0.4 is 10.9 Å². The van der Waals surface area contributed by atoms with Crippen LogP contribution in [0.4, 0.5) is 5.69 Å². The van der Waals surface area contributed by atoms with E-state index in [1.807, 2.05) is 0 Å². The van der Waals surface area contributed by atoms with E-state index in [2.05, 4.69) is 15.3 Å². The van der Waals surface area contributed by atoms with Crippen LogP contribution in [0.25, 0.3) is 0 Å². The van der Waals surface area contributed by atoms with Gasteiger partial charge >= 0.3 is 5.97 Å². The van der Waals surface area contributed by atoms with Gasteiger partial charge in [0.15, 0.2) is 5.69 Å². The molecular weight excluding hydrogens is 250 g/mol. The molecular formula is C12H9N3O4. The first kappa shape index (κ1) is 12.5. The van der Waals surface area contributed by atoms with Gasteiger partial charge in [0.2, 0.25) is 0 Å². The zero-order valence-corrected chi connectivity index (χ0v) is 9.58. The lowest BCUT2D eigenvalue weighted by Crippen LogP contribution is -2.23. The number of amides is 1. The Morgan fingerprint density at radius 3 is 2.74 bits per heavy atom. The molecule has 0 aliphatic carbocycles. The van der Waals surface area contributed by atoms with Gasteiger partial charge in [0.1, 0.15) is 5.56 Å². The first-order valence-corrected chi connectivity index (χ1v) is 5.27. The molecule has 0 aliphatic heterocycles. The van der Waals surface area contributed by atoms with Crippen LogP contribution in [0.1, 0.15) is 20.8 Å². The molecule has 1 amide bonds. The third-order valence-electron chi connectivity index (χ3n) is 2.32. The summed E-state index contributed by atoms with van der Waals surface area (Å²) in [5.41, 5.74) is -0.921. The van der Waals surface area contributed by atoms with Gasteiger partial charge in [-0.1, -0.05) is 0 Å². The lowest BCUT2D eigenvalue weighted by Gasteiger charge is -2.06. The minimum absolute atomic E-state index is 0.0308. The maximum Gasteiger partial charge on any atom is 0.356 e. The lowest BCUT2D eigenvalue weighted by atomic mass is 10.2. The second kappa shape index (κ2) is 5.13. The Morgan fingerprint density at radius 2 is 2.05 bits per heavy atom. The molecule has 0 unspecified atom stereocenters. The number of hydrogen-bond acceptors (Lipinski definition) is 4. The number of aromatic nitrogens is 2. The summed E-state index contributed by atoms with van der Waals surface area (Å²) >= 11 is 0. The normalized spacial score (nSPS) is 9.89. The maximum absolute atomic E-state index is 11.9. The van der Waals surface area contributed by atoms with Crippen LogP contribution in [0, 0.1) is 0 Å². The monoisotopic (exact) mass is 259 g/mol. The van der Waals surface area contributed by atoms with Gasteiger partial charge in [-0.3, -0.25) is 9.59 Å². The number of nitrogens with zero attached hydrogens (tertiary/aromatic N) is 1. The van der Waals surface area contributed by atoms with E-state index in [-0.39, 0.29) is 16.9 Å². The molecule has 0 atom stereocenters. The third kappa shape index (κ3) is 2.65. The van der Waals surface area contributed by atoms with Crippen LogP contribution >= 0.6 is 0 Å². The quantitative estimate of drug-likeness (QED) is 0.751. The number of hydrogen-bond donors (Lipinski definition) is 3. The molecule has 0 radical (unpaired) electrons. The van der Waals surface area contributed by atoms with E-state index in [0.29, 0.717) is 0 Å². The van der Waals surface area contributed by atoms with Crippen molar-refractivity contribution in [3.8, 4) is 0 Å². The van der Waals surface area contributed by atoms with Crippen molar-refractivity contribution in [2.24, 2.45) is 0 Å². The second-order valence-corrected chi connectivity index (χ2v) is 3.57. The van der Waals surface area contributed by atoms with Crippen molar-refractivity contribution in [1.82, 2.24) is 9.97 Å². The Hall–Kier alpha value is -2.96. The second-order valence-electron chi connectivity index (χ2n) is 3.57. The molecule has 2 aromatic rings. The molecule has 0 fully saturated rings. The van der Waals surface area contributed by atoms with E-state index in [9.17, 15) is 14.4 Å². The van der Waals surface area contributed by atoms with Gasteiger partial charge < -0.3 is 15.4 Å². The molecule has 0 saturated heterocycles. The highest BCUT2D eigenvalue weighted by Crippen LogP contribution is 2.12. The first-order chi connectivity index (χ1) is 9.09. The fourth-order valence-corrected chi connectivity index (χ4v) is 1.47. The Balaban J connectivity index is 2.33. The van der Waals surface area contributed by atoms with Crippen LogP contribution in [0.15, 0.2) is 41.5 Å². The van der Waals surface area contributed by atoms with Crippen molar-refractivity contribution in [3.63, 3.8) is 0 Å². The number of carboxylic acids is 1. The van der Waals surface area contributed by atoms with E-state index in [0.717, 1.165) is 0 Å². The number of pyridine rings is 2. The van der Waals surface area contributed by atoms with Gasteiger partial charge in [-0.15, -0.1) is 0 Å². The molecule has 7 heteroatoms. The molecule has 0 saturated carbocycles. The predicted molar refractivity (Wildman–Crippen MR) is 66.2 cm³/mol. The van der Waals surface area contributed by atoms with Crippen LogP contribution in [-0.2, 0) is 0 Å². The van der Waals surface area contributed by atoms with Crippen LogP contribution in [0.2, 0.25) is 0 Å². The Morgan fingerprint density at radius 1 is 1.26 bits per heavy atom. The Bertz CT molecular complexity index is 693. The molecule has 2 aromatic heterocycles. The number of anilines is 1. The lowest BCUT2D eigenvalue weighted by molar-refractivity contribution is 0.0692. The smallest absolute Gasteiger partial charge is 0.356 e. The number of carboxylic acid groups (broad SMARTS) is 1. The average Bonchev–Trinajstić information content (AvgIpc) is 2.39. The van der Waals surface area contributed by atoms with Gasteiger partial charge in [0.25, 0.3) is 11.5 Å². The summed E-state index contributed by atoms with van der Waals surface area (Å²) in [6, 6.07) is 5.71. The molecule has 2 heterocycles. The Labute approximate surface area is 106 Å². The molecule has 0 bridgehead atoms. The predicted octanol–water partition coefficient (Wildman–Crippen LogP) is 0.720. The highest BCUT2D eigenvalue weighted by molar-refractivity contribution is 6.06. The number of carbonyl (C=O) groups is 2. The molecule has 19 heavy (non-hydrogen) atoms. The molecule has 7 nitrogen and oxygen atoms in total. The van der Waals surface area contributed by atoms with Gasteiger partial charge in [0, 0.05) is 12.4 Å². The third-order valence-corrected chi connectivity index (χ3v) is 2.32. The largest absolute Gasteiger partial charge is 0.476 e. The van der Waals surface area contributed by atoms with Crippen molar-refractivity contribution >= 4 is 17.6 Å². The minimum Gasteiger partial charge on any atom is -0.476 e. The van der Waals surface area contributed by atoms with Crippen molar-refractivity contribution in [3.05, 3.63) is 58.3 Å². The van der Waals surface area contributed by atoms with Crippen LogP contribution in [0.3, 0.4) is 0 Å². The van der Waals surface area contributed by atoms with Gasteiger partial charge in [0.05, 0.1) is 5.69 Å². The van der Waals surface area contributed by atoms with Crippen molar-refractivity contribution in [1.29, 1.82) is 0 Å². The van der Waals surface area contributed by atoms with Crippen molar-refractivity contribution in [2.75, 3.05) is 5.32 Å². The summed E-state index contributed by atoms with van der Waals surface area (Å²) in [5, 5.41) is 11.3. The van der Waals surface area contributed by atoms with Gasteiger partial charge in [-0.25, -0.2) is 9.78 Å². The highest BCUT2D eigenvalue weighted by Gasteiger charge is 2.15. The summed E-state index contributed by atoms with van der Waals surface area (Å²) < 4.78 is 0. The molecule has 0 spiro atoms. The van der Waals surface area contributed by atoms with E-state index >= 15 is 0 Å². The zero-order valence-electron chi connectivity index (χ0n) is 9.58. The minimum atomic E-state index is -1.27. The summed E-state index contributed by atoms with van der Waals surface area (Å²) in [4.78, 5) is 40.2. The highest BCUT2D eigenvalue weighted by atomic mass is 16.4. The number of aromatic amines is 1. The molecule has 0 aliphatic rings. The summed E-state index contributed by atoms with van der Waals surface area (Å²) in [6.07, 6.45) is 2.69. The van der Waals surface area contributed by atoms with E-state index in [1.165, 1.54) is 36.7 Å². The standard InChI is InChI=1S/C12H9N3O4/c16-10-7(3-1-6-14-10)11(17)15-8-4-2-5-13-9(8)12(18)19/h1-6H,(H,14,16)(H,15,17)(H,18,19). The first-order valence-electron chi connectivity index (χ1n) is 5.27. The van der Waals surface area contributed by atoms with Gasteiger partial charge in [-0.05, 0) is 24.3 Å². The number of rotatable bonds is 3. The van der Waals surface area contributed by atoms with Crippen molar-refractivity contribution in [2.45, 2.75) is 0 Å². The Kier molecular flexibility index (Phi) is 3.37. The SMILES string of the molecule is O=C(O)c1ncccc1NC(=O)c1ccc[nH]c1=O. The molecule has 2 rings (SSSR count). The summed E-state index contributed by atoms with van der Waals surface area (Å²) in [5.74, 6) is -1.96. The topological polar surface area (TPSA) is 112 Å². The maximum atomic E-state index is 11.9. The van der Waals surface area contributed by atoms with Crippen LogP contribution in [0.5, 0.6) is 0 Å². The van der Waals surface area contributed by atoms with Crippen LogP contribution in [-0.4, -0.2) is 27.0 Å². The fraction of sp³-hybridized carbons (Fsp3) is 0. The molecule has 96 valence electrons. The van der Waals surface area contributed by atoms with Crippen molar-refractivity contribution < 1.29 is 14.7 Å². The fourth-order valence-electron chi connectivity index (χ4n) is 1.47. The van der Waals surface area contributed by atoms with E-state index in [1.54, 1.807) is 0 Å². The number of carbonyl (C=O) groups excluding carboxylic acids is 1. The molecule has 0 aromatic carbocycles. The number of nitrogens with one attached hydrogen (secondary N) is 2. The molecule has 3 N–H and O–H groups in total. The van der Waals surface area contributed by atoms with E-state index in [4.69, 9.17) is 5.11 Å². The van der Waals surface area contributed by atoms with Gasteiger partial charge in [-0.2, -0.15) is 0 Å². The summed E-state index contributed by atoms with van der Waals surface area (Å²) in [6.45, 7) is 0. The summed E-state index contributed by atoms with van der Waals surface area (Å²) in [7, 11) is 0. The number of H-pyrrole nitrogens is 1. The average molecular weight is 259 g/mol. The zero-order chi connectivity index (χ0) is 13.8. The van der Waals surface area contributed by atoms with E-state index < -0.39 is 17.4 Å².